The van der Waals surface area contributed by atoms with Gasteiger partial charge in [0, 0.05) is 5.69 Å². The summed E-state index contributed by atoms with van der Waals surface area (Å²) in [6, 6.07) is 8.58. The molecule has 0 aliphatic carbocycles. The molecule has 2 aromatic rings. The maximum atomic E-state index is 11.9. The summed E-state index contributed by atoms with van der Waals surface area (Å²) < 4.78 is 1.08. The molecule has 4 nitrogen and oxygen atoms in total. The Hall–Kier alpha value is -1.79. The highest BCUT2D eigenvalue weighted by Gasteiger charge is 2.09. The Balaban J connectivity index is 2.00. The second-order valence-corrected chi connectivity index (χ2v) is 6.33. The molecule has 0 bridgehead atoms. The highest BCUT2D eigenvalue weighted by molar-refractivity contribution is 8.01. The summed E-state index contributed by atoms with van der Waals surface area (Å²) in [7, 11) is 0. The van der Waals surface area contributed by atoms with E-state index in [1.165, 1.54) is 23.9 Å². The number of carbonyl (C=O) groups excluding carboxylic acids is 1. The van der Waals surface area contributed by atoms with Crippen molar-refractivity contribution < 1.29 is 14.7 Å². The summed E-state index contributed by atoms with van der Waals surface area (Å²) in [4.78, 5) is 22.8. The largest absolute Gasteiger partial charge is 0.478 e. The van der Waals surface area contributed by atoms with Crippen LogP contribution < -0.4 is 5.32 Å². The van der Waals surface area contributed by atoms with E-state index in [1.54, 1.807) is 17.4 Å². The molecule has 2 rings (SSSR count). The number of benzene rings is 1. The number of hydrogen-bond donors (Lipinski definition) is 2. The average Bonchev–Trinajstić information content (AvgIpc) is 2.92. The molecule has 0 saturated heterocycles. The molecule has 0 aliphatic rings. The number of thiophene rings is 1. The first-order valence-corrected chi connectivity index (χ1v) is 7.73. The van der Waals surface area contributed by atoms with E-state index in [0.717, 1.165) is 9.77 Å². The third-order valence-corrected chi connectivity index (χ3v) is 4.73. The van der Waals surface area contributed by atoms with Gasteiger partial charge in [-0.3, -0.25) is 4.79 Å². The standard InChI is InChI=1S/C14H13NO3S2/c1-9-4-5-10(14(17)18)7-11(9)15-12(16)8-20-13-3-2-6-19-13/h2-7H,8H2,1H3,(H,15,16)(H,17,18). The molecule has 20 heavy (non-hydrogen) atoms. The number of nitrogens with one attached hydrogen (secondary N) is 1. The Labute approximate surface area is 124 Å². The molecule has 1 heterocycles. The van der Waals surface area contributed by atoms with E-state index < -0.39 is 5.97 Å². The average molecular weight is 307 g/mol. The minimum atomic E-state index is -1.01. The molecular weight excluding hydrogens is 294 g/mol. The van der Waals surface area contributed by atoms with E-state index in [1.807, 2.05) is 24.4 Å². The Morgan fingerprint density at radius 2 is 2.15 bits per heavy atom. The molecule has 0 saturated carbocycles. The zero-order chi connectivity index (χ0) is 14.5. The Kier molecular flexibility index (Phi) is 4.81. The normalized spacial score (nSPS) is 10.2. The number of aromatic carboxylic acids is 1. The third-order valence-electron chi connectivity index (χ3n) is 2.60. The molecule has 104 valence electrons. The highest BCUT2D eigenvalue weighted by atomic mass is 32.2. The van der Waals surface area contributed by atoms with Crippen molar-refractivity contribution in [1.82, 2.24) is 0 Å². The molecule has 2 N–H and O–H groups in total. The molecule has 0 spiro atoms. The summed E-state index contributed by atoms with van der Waals surface area (Å²) in [5, 5.41) is 13.7. The molecule has 1 aromatic heterocycles. The van der Waals surface area contributed by atoms with Gasteiger partial charge in [0.05, 0.1) is 15.5 Å². The van der Waals surface area contributed by atoms with Crippen LogP contribution in [0.15, 0.2) is 39.9 Å². The minimum absolute atomic E-state index is 0.144. The lowest BCUT2D eigenvalue weighted by atomic mass is 10.1. The highest BCUT2D eigenvalue weighted by Crippen LogP contribution is 2.24. The zero-order valence-corrected chi connectivity index (χ0v) is 12.4. The van der Waals surface area contributed by atoms with Crippen LogP contribution in [0.5, 0.6) is 0 Å². The number of amides is 1. The van der Waals surface area contributed by atoms with Gasteiger partial charge in [-0.1, -0.05) is 12.1 Å². The number of carboxylic acids is 1. The quantitative estimate of drug-likeness (QED) is 0.830. The van der Waals surface area contributed by atoms with Crippen LogP contribution in [0.1, 0.15) is 15.9 Å². The molecule has 1 amide bonds. The van der Waals surface area contributed by atoms with Crippen LogP contribution in [-0.2, 0) is 4.79 Å². The molecule has 6 heteroatoms. The topological polar surface area (TPSA) is 66.4 Å². The molecule has 0 fully saturated rings. The van der Waals surface area contributed by atoms with Gasteiger partial charge in [-0.2, -0.15) is 0 Å². The molecule has 1 aromatic carbocycles. The number of hydrogen-bond acceptors (Lipinski definition) is 4. The predicted octanol–water partition coefficient (Wildman–Crippen LogP) is 3.49. The Morgan fingerprint density at radius 1 is 1.35 bits per heavy atom. The van der Waals surface area contributed by atoms with Gasteiger partial charge in [0.2, 0.25) is 5.91 Å². The van der Waals surface area contributed by atoms with Crippen molar-refractivity contribution in [3.05, 3.63) is 46.8 Å². The van der Waals surface area contributed by atoms with Crippen molar-refractivity contribution in [2.24, 2.45) is 0 Å². The van der Waals surface area contributed by atoms with Crippen molar-refractivity contribution in [3.8, 4) is 0 Å². The third kappa shape index (κ3) is 3.85. The van der Waals surface area contributed by atoms with Crippen molar-refractivity contribution >= 4 is 40.7 Å². The van der Waals surface area contributed by atoms with Crippen molar-refractivity contribution in [3.63, 3.8) is 0 Å². The Morgan fingerprint density at radius 3 is 2.80 bits per heavy atom. The van der Waals surface area contributed by atoms with Crippen LogP contribution in [0.4, 0.5) is 5.69 Å². The van der Waals surface area contributed by atoms with E-state index in [2.05, 4.69) is 5.32 Å². The van der Waals surface area contributed by atoms with E-state index in [9.17, 15) is 9.59 Å². The van der Waals surface area contributed by atoms with Crippen molar-refractivity contribution in [2.45, 2.75) is 11.1 Å². The summed E-state index contributed by atoms with van der Waals surface area (Å²) in [6.07, 6.45) is 0. The van der Waals surface area contributed by atoms with Gasteiger partial charge >= 0.3 is 5.97 Å². The minimum Gasteiger partial charge on any atom is -0.478 e. The molecule has 0 aliphatic heterocycles. The van der Waals surface area contributed by atoms with E-state index in [4.69, 9.17) is 5.11 Å². The fraction of sp³-hybridized carbons (Fsp3) is 0.143. The lowest BCUT2D eigenvalue weighted by molar-refractivity contribution is -0.113. The van der Waals surface area contributed by atoms with E-state index in [0.29, 0.717) is 11.4 Å². The fourth-order valence-electron chi connectivity index (χ4n) is 1.56. The summed E-state index contributed by atoms with van der Waals surface area (Å²) in [6.45, 7) is 1.83. The number of anilines is 1. The molecule has 0 atom stereocenters. The zero-order valence-electron chi connectivity index (χ0n) is 10.8. The fourth-order valence-corrected chi connectivity index (χ4v) is 3.14. The smallest absolute Gasteiger partial charge is 0.335 e. The number of carbonyl (C=O) groups is 2. The van der Waals surface area contributed by atoms with Gasteiger partial charge < -0.3 is 10.4 Å². The van der Waals surface area contributed by atoms with Crippen LogP contribution in [0.2, 0.25) is 0 Å². The maximum Gasteiger partial charge on any atom is 0.335 e. The number of rotatable bonds is 5. The monoisotopic (exact) mass is 307 g/mol. The van der Waals surface area contributed by atoms with Gasteiger partial charge in [-0.05, 0) is 36.1 Å². The second kappa shape index (κ2) is 6.58. The van der Waals surface area contributed by atoms with Crippen LogP contribution in [0.25, 0.3) is 0 Å². The maximum absolute atomic E-state index is 11.9. The predicted molar refractivity (Wildman–Crippen MR) is 81.8 cm³/mol. The SMILES string of the molecule is Cc1ccc(C(=O)O)cc1NC(=O)CSc1cccs1. The first kappa shape index (κ1) is 14.6. The second-order valence-electron chi connectivity index (χ2n) is 4.10. The van der Waals surface area contributed by atoms with Crippen LogP contribution in [-0.4, -0.2) is 22.7 Å². The lowest BCUT2D eigenvalue weighted by Crippen LogP contribution is -2.15. The van der Waals surface area contributed by atoms with E-state index in [-0.39, 0.29) is 11.5 Å². The van der Waals surface area contributed by atoms with Gasteiger partial charge in [-0.25, -0.2) is 4.79 Å². The van der Waals surface area contributed by atoms with Gasteiger partial charge in [0.15, 0.2) is 0 Å². The Bertz CT molecular complexity index is 623. The molecule has 0 radical (unpaired) electrons. The first-order valence-electron chi connectivity index (χ1n) is 5.86. The number of aryl methyl sites for hydroxylation is 1. The first-order chi connectivity index (χ1) is 9.56. The van der Waals surface area contributed by atoms with Gasteiger partial charge in [0.1, 0.15) is 0 Å². The van der Waals surface area contributed by atoms with Crippen LogP contribution in [0, 0.1) is 6.92 Å². The molecule has 0 unspecified atom stereocenters. The number of carboxylic acid groups (broad SMARTS) is 1. The summed E-state index contributed by atoms with van der Waals surface area (Å²) in [5.74, 6) is -0.848. The van der Waals surface area contributed by atoms with Gasteiger partial charge in [-0.15, -0.1) is 23.1 Å². The molecular formula is C14H13NO3S2. The summed E-state index contributed by atoms with van der Waals surface area (Å²) in [5.41, 5.74) is 1.54. The lowest BCUT2D eigenvalue weighted by Gasteiger charge is -2.09. The van der Waals surface area contributed by atoms with E-state index >= 15 is 0 Å². The van der Waals surface area contributed by atoms with Crippen LogP contribution in [0.3, 0.4) is 0 Å². The summed E-state index contributed by atoms with van der Waals surface area (Å²) >= 11 is 3.05. The van der Waals surface area contributed by atoms with Gasteiger partial charge in [0.25, 0.3) is 0 Å². The van der Waals surface area contributed by atoms with Crippen LogP contribution >= 0.6 is 23.1 Å². The van der Waals surface area contributed by atoms with Crippen molar-refractivity contribution in [2.75, 3.05) is 11.1 Å². The van der Waals surface area contributed by atoms with Crippen molar-refractivity contribution in [1.29, 1.82) is 0 Å². The number of thioether (sulfide) groups is 1.